The third-order valence-electron chi connectivity index (χ3n) is 3.75. The van der Waals surface area contributed by atoms with Gasteiger partial charge in [-0.3, -0.25) is 9.59 Å². The second kappa shape index (κ2) is 8.45. The van der Waals surface area contributed by atoms with E-state index in [9.17, 15) is 14.0 Å². The normalized spacial score (nSPS) is 12.0. The van der Waals surface area contributed by atoms with Crippen molar-refractivity contribution in [2.75, 3.05) is 5.32 Å². The first-order valence-corrected chi connectivity index (χ1v) is 9.41. The number of amides is 1. The molecule has 3 aromatic rings. The van der Waals surface area contributed by atoms with Crippen molar-refractivity contribution < 1.29 is 18.7 Å². The van der Waals surface area contributed by atoms with E-state index in [2.05, 4.69) is 10.3 Å². The molecule has 0 fully saturated rings. The minimum atomic E-state index is -1.01. The number of carbonyl (C=O) groups excluding carboxylic acids is 2. The molecule has 0 bridgehead atoms. The number of fused-ring (bicyclic) bond motifs is 1. The zero-order chi connectivity index (χ0) is 19.4. The molecule has 1 amide bonds. The van der Waals surface area contributed by atoms with Gasteiger partial charge in [0.2, 0.25) is 0 Å². The first kappa shape index (κ1) is 19.3. The maximum absolute atomic E-state index is 13.0. The zero-order valence-corrected chi connectivity index (χ0v) is 15.9. The minimum Gasteiger partial charge on any atom is -0.453 e. The molecule has 1 atom stereocenters. The van der Waals surface area contributed by atoms with Gasteiger partial charge in [0.1, 0.15) is 5.82 Å². The van der Waals surface area contributed by atoms with Crippen LogP contribution in [-0.2, 0) is 20.7 Å². The summed E-state index contributed by atoms with van der Waals surface area (Å²) in [7, 11) is 0. The highest BCUT2D eigenvalue weighted by Gasteiger charge is 2.19. The maximum atomic E-state index is 13.0. The van der Waals surface area contributed by atoms with Gasteiger partial charge in [0, 0.05) is 6.42 Å². The number of rotatable bonds is 6. The summed E-state index contributed by atoms with van der Waals surface area (Å²) in [6.07, 6.45) is -0.445. The van der Waals surface area contributed by atoms with Crippen LogP contribution >= 0.6 is 22.9 Å². The maximum Gasteiger partial charge on any atom is 0.306 e. The van der Waals surface area contributed by atoms with Crippen LogP contribution in [0.25, 0.3) is 10.2 Å². The van der Waals surface area contributed by atoms with Crippen LogP contribution in [0.4, 0.5) is 10.1 Å². The Morgan fingerprint density at radius 2 is 2.07 bits per heavy atom. The number of esters is 1. The molecule has 0 saturated carbocycles. The molecule has 0 radical (unpaired) electrons. The van der Waals surface area contributed by atoms with Gasteiger partial charge in [0.15, 0.2) is 6.10 Å². The molecule has 8 heteroatoms. The minimum absolute atomic E-state index is 0.0673. The number of thiazole rings is 1. The van der Waals surface area contributed by atoms with Gasteiger partial charge in [-0.1, -0.05) is 23.7 Å². The molecule has 0 saturated heterocycles. The quantitative estimate of drug-likeness (QED) is 0.608. The number of halogens is 2. The number of aryl methyl sites for hydroxylation is 1. The van der Waals surface area contributed by atoms with Crippen molar-refractivity contribution in [3.63, 3.8) is 0 Å². The summed E-state index contributed by atoms with van der Waals surface area (Å²) in [5, 5.41) is 3.41. The number of aromatic nitrogens is 1. The number of hydrogen-bond acceptors (Lipinski definition) is 5. The summed E-state index contributed by atoms with van der Waals surface area (Å²) in [5.74, 6) is -1.55. The molecule has 1 heterocycles. The summed E-state index contributed by atoms with van der Waals surface area (Å²) in [6, 6.07) is 11.3. The number of nitrogens with zero attached hydrogens (tertiary/aromatic N) is 1. The van der Waals surface area contributed by atoms with Crippen molar-refractivity contribution in [1.29, 1.82) is 0 Å². The molecule has 3 rings (SSSR count). The van der Waals surface area contributed by atoms with Crippen molar-refractivity contribution in [1.82, 2.24) is 4.98 Å². The standard InChI is InChI=1S/C19H16ClFN2O3S/c1-11(19(25)23-14-7-6-12(21)10-13(14)20)26-18(24)9-8-17-22-15-4-2-3-5-16(15)27-17/h2-7,10-11H,8-9H2,1H3,(H,23,25)/t11-/m0/s1. The van der Waals surface area contributed by atoms with Crippen LogP contribution in [0.15, 0.2) is 42.5 Å². The van der Waals surface area contributed by atoms with Crippen molar-refractivity contribution in [2.24, 2.45) is 0 Å². The second-order valence-electron chi connectivity index (χ2n) is 5.82. The van der Waals surface area contributed by atoms with Crippen LogP contribution < -0.4 is 5.32 Å². The lowest BCUT2D eigenvalue weighted by Gasteiger charge is -2.14. The molecule has 27 heavy (non-hydrogen) atoms. The van der Waals surface area contributed by atoms with E-state index >= 15 is 0 Å². The van der Waals surface area contributed by atoms with Gasteiger partial charge in [-0.05, 0) is 37.3 Å². The van der Waals surface area contributed by atoms with Crippen molar-refractivity contribution in [3.05, 3.63) is 58.3 Å². The van der Waals surface area contributed by atoms with Crippen LogP contribution in [0.1, 0.15) is 18.4 Å². The molecule has 5 nitrogen and oxygen atoms in total. The average molecular weight is 407 g/mol. The molecule has 1 N–H and O–H groups in total. The summed E-state index contributed by atoms with van der Waals surface area (Å²) in [4.78, 5) is 28.6. The number of para-hydroxylation sites is 1. The van der Waals surface area contributed by atoms with E-state index < -0.39 is 23.8 Å². The lowest BCUT2D eigenvalue weighted by Crippen LogP contribution is -2.30. The number of ether oxygens (including phenoxy) is 1. The summed E-state index contributed by atoms with van der Waals surface area (Å²) in [5.41, 5.74) is 1.15. The lowest BCUT2D eigenvalue weighted by atomic mass is 10.3. The van der Waals surface area contributed by atoms with E-state index in [4.69, 9.17) is 16.3 Å². The highest BCUT2D eigenvalue weighted by molar-refractivity contribution is 7.18. The number of carbonyl (C=O) groups is 2. The average Bonchev–Trinajstić information content (AvgIpc) is 3.05. The molecular weight excluding hydrogens is 391 g/mol. The van der Waals surface area contributed by atoms with E-state index in [1.807, 2.05) is 24.3 Å². The Kier molecular flexibility index (Phi) is 6.03. The van der Waals surface area contributed by atoms with Gasteiger partial charge < -0.3 is 10.1 Å². The fourth-order valence-electron chi connectivity index (χ4n) is 2.37. The third kappa shape index (κ3) is 5.02. The van der Waals surface area contributed by atoms with Crippen LogP contribution in [-0.4, -0.2) is 23.0 Å². The third-order valence-corrected chi connectivity index (χ3v) is 5.16. The first-order chi connectivity index (χ1) is 12.9. The van der Waals surface area contributed by atoms with Crippen molar-refractivity contribution in [2.45, 2.75) is 25.9 Å². The predicted molar refractivity (Wildman–Crippen MR) is 104 cm³/mol. The molecular formula is C19H16ClFN2O3S. The van der Waals surface area contributed by atoms with Gasteiger partial charge >= 0.3 is 5.97 Å². The zero-order valence-electron chi connectivity index (χ0n) is 14.4. The van der Waals surface area contributed by atoms with Crippen molar-refractivity contribution in [3.8, 4) is 0 Å². The Hall–Kier alpha value is -2.51. The van der Waals surface area contributed by atoms with Crippen LogP contribution in [0.3, 0.4) is 0 Å². The predicted octanol–water partition coefficient (Wildman–Crippen LogP) is 4.59. The molecule has 0 spiro atoms. The first-order valence-electron chi connectivity index (χ1n) is 8.22. The van der Waals surface area contributed by atoms with E-state index in [1.54, 1.807) is 0 Å². The molecule has 0 aliphatic carbocycles. The molecule has 0 aliphatic rings. The summed E-state index contributed by atoms with van der Waals surface area (Å²) in [6.45, 7) is 1.46. The highest BCUT2D eigenvalue weighted by Crippen LogP contribution is 2.24. The Labute approximate surface area is 164 Å². The molecule has 0 aliphatic heterocycles. The largest absolute Gasteiger partial charge is 0.453 e. The van der Waals surface area contributed by atoms with Gasteiger partial charge in [-0.2, -0.15) is 0 Å². The van der Waals surface area contributed by atoms with Crippen molar-refractivity contribution >= 4 is 50.7 Å². The lowest BCUT2D eigenvalue weighted by molar-refractivity contribution is -0.153. The fraction of sp³-hybridized carbons (Fsp3) is 0.211. The Morgan fingerprint density at radius 3 is 2.81 bits per heavy atom. The monoisotopic (exact) mass is 406 g/mol. The Balaban J connectivity index is 1.51. The van der Waals surface area contributed by atoms with Gasteiger partial charge in [-0.15, -0.1) is 11.3 Å². The Bertz CT molecular complexity index is 959. The van der Waals surface area contributed by atoms with E-state index in [1.165, 1.54) is 30.4 Å². The topological polar surface area (TPSA) is 68.3 Å². The van der Waals surface area contributed by atoms with Gasteiger partial charge in [-0.25, -0.2) is 9.37 Å². The number of anilines is 1. The number of hydrogen-bond donors (Lipinski definition) is 1. The van der Waals surface area contributed by atoms with E-state index in [0.29, 0.717) is 6.42 Å². The van der Waals surface area contributed by atoms with Gasteiger partial charge in [0.25, 0.3) is 5.91 Å². The number of nitrogens with one attached hydrogen (secondary N) is 1. The Morgan fingerprint density at radius 1 is 1.30 bits per heavy atom. The highest BCUT2D eigenvalue weighted by atomic mass is 35.5. The van der Waals surface area contributed by atoms with Crippen LogP contribution in [0.5, 0.6) is 0 Å². The smallest absolute Gasteiger partial charge is 0.306 e. The van der Waals surface area contributed by atoms with Crippen LogP contribution in [0, 0.1) is 5.82 Å². The van der Waals surface area contributed by atoms with E-state index in [0.717, 1.165) is 21.3 Å². The summed E-state index contributed by atoms with van der Waals surface area (Å²) < 4.78 is 19.2. The molecule has 140 valence electrons. The van der Waals surface area contributed by atoms with Gasteiger partial charge in [0.05, 0.1) is 32.4 Å². The molecule has 0 unspecified atom stereocenters. The summed E-state index contributed by atoms with van der Waals surface area (Å²) >= 11 is 7.39. The second-order valence-corrected chi connectivity index (χ2v) is 7.34. The van der Waals surface area contributed by atoms with E-state index in [-0.39, 0.29) is 17.1 Å². The molecule has 1 aromatic heterocycles. The number of benzene rings is 2. The SMILES string of the molecule is C[C@H](OC(=O)CCc1nc2ccccc2s1)C(=O)Nc1ccc(F)cc1Cl. The molecule has 2 aromatic carbocycles. The van der Waals surface area contributed by atoms with Crippen LogP contribution in [0.2, 0.25) is 5.02 Å². The fourth-order valence-corrected chi connectivity index (χ4v) is 3.55.